The van der Waals surface area contributed by atoms with Crippen molar-refractivity contribution in [1.29, 1.82) is 0 Å². The van der Waals surface area contributed by atoms with Crippen molar-refractivity contribution in [3.8, 4) is 0 Å². The maximum atomic E-state index is 12.8. The van der Waals surface area contributed by atoms with Crippen LogP contribution in [0, 0.1) is 10.1 Å². The number of alkyl halides is 3. The zero-order valence-corrected chi connectivity index (χ0v) is 18.3. The number of hydrogen-bond acceptors (Lipinski definition) is 6. The number of carbonyl (C=O) groups excluding carboxylic acids is 1. The van der Waals surface area contributed by atoms with Crippen LogP contribution in [-0.2, 0) is 16.0 Å². The Morgan fingerprint density at radius 1 is 1.03 bits per heavy atom. The zero-order chi connectivity index (χ0) is 24.6. The van der Waals surface area contributed by atoms with Crippen LogP contribution in [0.3, 0.4) is 0 Å². The molecule has 1 heterocycles. The Kier molecular flexibility index (Phi) is 6.63. The summed E-state index contributed by atoms with van der Waals surface area (Å²) < 4.78 is 63.7. The first kappa shape index (κ1) is 24.4. The van der Waals surface area contributed by atoms with E-state index < -0.39 is 42.5 Å². The molecule has 1 N–H and O–H groups in total. The Labute approximate surface area is 194 Å². The van der Waals surface area contributed by atoms with Crippen LogP contribution >= 0.6 is 23.2 Å². The Bertz CT molecular complexity index is 1360. The molecule has 1 aromatic heterocycles. The molecule has 0 aliphatic carbocycles. The van der Waals surface area contributed by atoms with Crippen molar-refractivity contribution in [2.45, 2.75) is 16.1 Å². The van der Waals surface area contributed by atoms with Gasteiger partial charge in [0.1, 0.15) is 0 Å². The highest BCUT2D eigenvalue weighted by atomic mass is 35.5. The Balaban J connectivity index is 1.85. The van der Waals surface area contributed by atoms with Crippen LogP contribution < -0.4 is 5.32 Å². The summed E-state index contributed by atoms with van der Waals surface area (Å²) in [5, 5.41) is 11.8. The Morgan fingerprint density at radius 3 is 2.21 bits per heavy atom. The number of aromatic nitrogens is 1. The molecule has 14 heteroatoms. The van der Waals surface area contributed by atoms with Gasteiger partial charge >= 0.3 is 6.18 Å². The first-order valence-electron chi connectivity index (χ1n) is 8.64. The highest BCUT2D eigenvalue weighted by Crippen LogP contribution is 2.34. The second-order valence-electron chi connectivity index (χ2n) is 6.41. The minimum absolute atomic E-state index is 0.0414. The van der Waals surface area contributed by atoms with Crippen molar-refractivity contribution >= 4 is 50.3 Å². The summed E-state index contributed by atoms with van der Waals surface area (Å²) in [6, 6.07) is 8.31. The number of hydrogen-bond donors (Lipinski definition) is 1. The second-order valence-corrected chi connectivity index (χ2v) is 9.09. The Hall–Kier alpha value is -3.22. The van der Waals surface area contributed by atoms with Crippen LogP contribution in [0.25, 0.3) is 0 Å². The van der Waals surface area contributed by atoms with Crippen molar-refractivity contribution in [2.24, 2.45) is 0 Å². The average molecular weight is 520 g/mol. The number of nitro groups is 1. The molecule has 0 atom stereocenters. The molecule has 0 bridgehead atoms. The highest BCUT2D eigenvalue weighted by Gasteiger charge is 2.33. The SMILES string of the molecule is O=C(Nc1ccc(S(=O)(=O)c2ncc(C(F)(F)F)cc2Cl)cc1)c1cc([N+](=O)[O-])ccc1Cl. The van der Waals surface area contributed by atoms with Crippen molar-refractivity contribution < 1.29 is 31.3 Å². The number of nitrogens with zero attached hydrogens (tertiary/aromatic N) is 2. The molecule has 0 fully saturated rings. The fourth-order valence-electron chi connectivity index (χ4n) is 2.61. The van der Waals surface area contributed by atoms with Crippen molar-refractivity contribution in [3.63, 3.8) is 0 Å². The summed E-state index contributed by atoms with van der Waals surface area (Å²) in [7, 11) is -4.37. The van der Waals surface area contributed by atoms with E-state index in [2.05, 4.69) is 10.3 Å². The molecule has 0 radical (unpaired) electrons. The van der Waals surface area contributed by atoms with Crippen LogP contribution in [0.5, 0.6) is 0 Å². The first-order valence-corrected chi connectivity index (χ1v) is 10.9. The van der Waals surface area contributed by atoms with Crippen LogP contribution in [0.2, 0.25) is 10.0 Å². The second kappa shape index (κ2) is 8.96. The molecule has 3 rings (SSSR count). The van der Waals surface area contributed by atoms with E-state index in [1.54, 1.807) is 0 Å². The fraction of sp³-hybridized carbons (Fsp3) is 0.0526. The van der Waals surface area contributed by atoms with Gasteiger partial charge in [-0.05, 0) is 36.4 Å². The van der Waals surface area contributed by atoms with Gasteiger partial charge in [-0.3, -0.25) is 14.9 Å². The third-order valence-corrected chi connectivity index (χ3v) is 6.67. The van der Waals surface area contributed by atoms with E-state index in [1.165, 1.54) is 18.2 Å². The number of halogens is 5. The molecule has 0 spiro atoms. The quantitative estimate of drug-likeness (QED) is 0.356. The topological polar surface area (TPSA) is 119 Å². The summed E-state index contributed by atoms with van der Waals surface area (Å²) >= 11 is 11.6. The Morgan fingerprint density at radius 2 is 1.67 bits per heavy atom. The molecule has 0 aliphatic heterocycles. The number of pyridine rings is 1. The van der Waals surface area contributed by atoms with E-state index in [9.17, 15) is 36.5 Å². The maximum absolute atomic E-state index is 12.8. The number of amides is 1. The van der Waals surface area contributed by atoms with E-state index in [-0.39, 0.29) is 26.9 Å². The van der Waals surface area contributed by atoms with E-state index in [0.29, 0.717) is 12.3 Å². The molecule has 0 saturated heterocycles. The van der Waals surface area contributed by atoms with Gasteiger partial charge < -0.3 is 5.32 Å². The third kappa shape index (κ3) is 5.24. The van der Waals surface area contributed by atoms with Gasteiger partial charge in [-0.2, -0.15) is 13.2 Å². The number of nitrogens with one attached hydrogen (secondary N) is 1. The van der Waals surface area contributed by atoms with Crippen LogP contribution in [0.15, 0.2) is 64.6 Å². The molecule has 1 amide bonds. The number of benzene rings is 2. The van der Waals surface area contributed by atoms with Gasteiger partial charge in [0.15, 0.2) is 5.03 Å². The summed E-state index contributed by atoms with van der Waals surface area (Å²) in [5.41, 5.74) is -1.62. The summed E-state index contributed by atoms with van der Waals surface area (Å²) in [5.74, 6) is -0.785. The largest absolute Gasteiger partial charge is 0.417 e. The van der Waals surface area contributed by atoms with Crippen LogP contribution in [0.4, 0.5) is 24.5 Å². The van der Waals surface area contributed by atoms with Gasteiger partial charge in [0.05, 0.1) is 31.0 Å². The lowest BCUT2D eigenvalue weighted by Gasteiger charge is -2.11. The predicted molar refractivity (Wildman–Crippen MR) is 112 cm³/mol. The molecular weight excluding hydrogens is 510 g/mol. The lowest BCUT2D eigenvalue weighted by Crippen LogP contribution is -2.13. The number of anilines is 1. The number of carbonyl (C=O) groups is 1. The van der Waals surface area contributed by atoms with Crippen molar-refractivity contribution in [3.05, 3.63) is 86.0 Å². The standard InChI is InChI=1S/C19H10Cl2F3N3O5S/c20-15-6-3-12(27(29)30)8-14(15)17(28)26-11-1-4-13(5-2-11)33(31,32)18-16(21)7-10(9-25-18)19(22,23)24/h1-9H,(H,26,28). The smallest absolute Gasteiger partial charge is 0.322 e. The van der Waals surface area contributed by atoms with Crippen LogP contribution in [0.1, 0.15) is 15.9 Å². The third-order valence-electron chi connectivity index (χ3n) is 4.22. The number of rotatable bonds is 5. The maximum Gasteiger partial charge on any atom is 0.417 e. The highest BCUT2D eigenvalue weighted by molar-refractivity contribution is 7.91. The lowest BCUT2D eigenvalue weighted by molar-refractivity contribution is -0.384. The summed E-state index contributed by atoms with van der Waals surface area (Å²) in [6.45, 7) is 0. The van der Waals surface area contributed by atoms with Crippen molar-refractivity contribution in [1.82, 2.24) is 4.98 Å². The van der Waals surface area contributed by atoms with E-state index in [0.717, 1.165) is 24.3 Å². The fourth-order valence-corrected chi connectivity index (χ4v) is 4.51. The zero-order valence-electron chi connectivity index (χ0n) is 15.9. The molecule has 172 valence electrons. The molecule has 8 nitrogen and oxygen atoms in total. The summed E-state index contributed by atoms with van der Waals surface area (Å²) in [4.78, 5) is 25.6. The molecule has 0 unspecified atom stereocenters. The van der Waals surface area contributed by atoms with Gasteiger partial charge in [-0.25, -0.2) is 13.4 Å². The number of sulfone groups is 1. The normalized spacial score (nSPS) is 11.8. The van der Waals surface area contributed by atoms with Crippen molar-refractivity contribution in [2.75, 3.05) is 5.32 Å². The number of non-ortho nitro benzene ring substituents is 1. The van der Waals surface area contributed by atoms with Gasteiger partial charge in [-0.1, -0.05) is 23.2 Å². The first-order chi connectivity index (χ1) is 15.3. The molecular formula is C19H10Cl2F3N3O5S. The van der Waals surface area contributed by atoms with Crippen LogP contribution in [-0.4, -0.2) is 24.2 Å². The van der Waals surface area contributed by atoms with E-state index >= 15 is 0 Å². The average Bonchev–Trinajstić information content (AvgIpc) is 2.73. The molecule has 0 aliphatic rings. The van der Waals surface area contributed by atoms with E-state index in [1.807, 2.05) is 0 Å². The summed E-state index contributed by atoms with van der Waals surface area (Å²) in [6.07, 6.45) is -4.39. The van der Waals surface area contributed by atoms with Gasteiger partial charge in [-0.15, -0.1) is 0 Å². The minimum Gasteiger partial charge on any atom is -0.322 e. The number of nitro benzene ring substituents is 1. The van der Waals surface area contributed by atoms with Gasteiger partial charge in [0.2, 0.25) is 9.84 Å². The lowest BCUT2D eigenvalue weighted by atomic mass is 10.2. The van der Waals surface area contributed by atoms with Gasteiger partial charge in [0, 0.05) is 24.0 Å². The molecule has 3 aromatic rings. The van der Waals surface area contributed by atoms with Gasteiger partial charge in [0.25, 0.3) is 11.6 Å². The monoisotopic (exact) mass is 519 g/mol. The molecule has 2 aromatic carbocycles. The van der Waals surface area contributed by atoms with E-state index in [4.69, 9.17) is 23.2 Å². The molecule has 0 saturated carbocycles. The molecule has 33 heavy (non-hydrogen) atoms. The minimum atomic E-state index is -4.75. The predicted octanol–water partition coefficient (Wildman–Crippen LogP) is 5.40.